The molecule has 1 aromatic heterocycles. The Bertz CT molecular complexity index is 962. The summed E-state index contributed by atoms with van der Waals surface area (Å²) < 4.78 is 6.72. The molecule has 0 fully saturated rings. The number of benzene rings is 2. The fourth-order valence-corrected chi connectivity index (χ4v) is 4.81. The second kappa shape index (κ2) is 11.2. The van der Waals surface area contributed by atoms with Crippen LogP contribution in [0.3, 0.4) is 0 Å². The molecular weight excluding hydrogens is 376 g/mol. The Hall–Kier alpha value is -2.54. The molecule has 0 saturated carbocycles. The van der Waals surface area contributed by atoms with Gasteiger partial charge in [-0.2, -0.15) is 0 Å². The maximum atomic E-state index is 6.72. The van der Waals surface area contributed by atoms with Crippen molar-refractivity contribution in [3.8, 4) is 11.3 Å². The summed E-state index contributed by atoms with van der Waals surface area (Å²) in [7, 11) is 0. The Kier molecular flexibility index (Phi) is 7.82. The molecule has 2 aromatic carbocycles. The number of rotatable bonds is 10. The van der Waals surface area contributed by atoms with E-state index in [0.29, 0.717) is 0 Å². The van der Waals surface area contributed by atoms with Crippen molar-refractivity contribution in [3.63, 3.8) is 0 Å². The molecule has 0 amide bonds. The first-order valence-electron chi connectivity index (χ1n) is 12.3. The first-order chi connectivity index (χ1) is 15.4. The third kappa shape index (κ3) is 5.58. The van der Waals surface area contributed by atoms with Gasteiger partial charge in [0.2, 0.25) is 0 Å². The van der Waals surface area contributed by atoms with E-state index < -0.39 is 0 Å². The monoisotopic (exact) mass is 412 g/mol. The maximum absolute atomic E-state index is 6.72. The molecule has 31 heavy (non-hydrogen) atoms. The number of hydrogen-bond acceptors (Lipinski definition) is 1. The molecule has 1 heteroatoms. The Morgan fingerprint density at radius 2 is 1.55 bits per heavy atom. The van der Waals surface area contributed by atoms with E-state index in [9.17, 15) is 0 Å². The van der Waals surface area contributed by atoms with Crippen LogP contribution in [-0.2, 0) is 19.3 Å². The van der Waals surface area contributed by atoms with Crippen LogP contribution in [0.15, 0.2) is 71.2 Å². The van der Waals surface area contributed by atoms with Crippen LogP contribution in [0.1, 0.15) is 80.7 Å². The average molecular weight is 413 g/mol. The van der Waals surface area contributed by atoms with Crippen LogP contribution >= 0.6 is 0 Å². The molecule has 0 bridgehead atoms. The van der Waals surface area contributed by atoms with E-state index in [1.165, 1.54) is 85.0 Å². The molecular formula is C30H36O. The SMILES string of the molecule is CCCCCCc1c(CCc2ccccc2)oc(-c2ccccc2)c1C1=CCCCC1. The van der Waals surface area contributed by atoms with E-state index in [1.54, 1.807) is 0 Å². The second-order valence-electron chi connectivity index (χ2n) is 8.85. The number of unbranched alkanes of at least 4 members (excludes halogenated alkanes) is 3. The molecule has 0 radical (unpaired) electrons. The number of furan rings is 1. The van der Waals surface area contributed by atoms with E-state index in [1.807, 2.05) is 0 Å². The van der Waals surface area contributed by atoms with Crippen LogP contribution in [0.5, 0.6) is 0 Å². The molecule has 0 N–H and O–H groups in total. The van der Waals surface area contributed by atoms with Crippen LogP contribution in [0.2, 0.25) is 0 Å². The van der Waals surface area contributed by atoms with Gasteiger partial charge < -0.3 is 4.42 Å². The van der Waals surface area contributed by atoms with Crippen LogP contribution < -0.4 is 0 Å². The van der Waals surface area contributed by atoms with Gasteiger partial charge in [-0.05, 0) is 56.1 Å². The lowest BCUT2D eigenvalue weighted by Crippen LogP contribution is -2.00. The lowest BCUT2D eigenvalue weighted by molar-refractivity contribution is 0.513. The highest BCUT2D eigenvalue weighted by atomic mass is 16.3. The minimum absolute atomic E-state index is 0.972. The standard InChI is InChI=1S/C30H36O/c1-2-3-4-14-21-27-28(23-22-24-15-8-5-9-16-24)31-30(26-19-12-7-13-20-26)29(27)25-17-10-6-11-18-25/h5,7-9,12-13,15-17,19-20H,2-4,6,10-11,14,18,21-23H2,1H3. The van der Waals surface area contributed by atoms with E-state index >= 15 is 0 Å². The zero-order chi connectivity index (χ0) is 21.3. The van der Waals surface area contributed by atoms with E-state index in [0.717, 1.165) is 25.0 Å². The van der Waals surface area contributed by atoms with Gasteiger partial charge in [0.05, 0.1) is 0 Å². The number of hydrogen-bond donors (Lipinski definition) is 0. The van der Waals surface area contributed by atoms with Gasteiger partial charge in [0, 0.05) is 23.1 Å². The summed E-state index contributed by atoms with van der Waals surface area (Å²) in [4.78, 5) is 0. The Labute approximate surface area is 188 Å². The van der Waals surface area contributed by atoms with Crippen LogP contribution in [0.25, 0.3) is 16.9 Å². The summed E-state index contributed by atoms with van der Waals surface area (Å²) in [5.41, 5.74) is 7.02. The molecule has 3 aromatic rings. The van der Waals surface area contributed by atoms with Crippen LogP contribution in [0.4, 0.5) is 0 Å². The summed E-state index contributed by atoms with van der Waals surface area (Å²) >= 11 is 0. The second-order valence-corrected chi connectivity index (χ2v) is 8.85. The first-order valence-corrected chi connectivity index (χ1v) is 12.3. The van der Waals surface area contributed by atoms with Gasteiger partial charge in [0.15, 0.2) is 0 Å². The number of allylic oxidation sites excluding steroid dienone is 2. The molecule has 0 atom stereocenters. The molecule has 1 heterocycles. The van der Waals surface area contributed by atoms with Crippen molar-refractivity contribution < 1.29 is 4.42 Å². The highest BCUT2D eigenvalue weighted by molar-refractivity contribution is 5.81. The molecule has 0 saturated heterocycles. The van der Waals surface area contributed by atoms with E-state index in [4.69, 9.17) is 4.42 Å². The summed E-state index contributed by atoms with van der Waals surface area (Å²) in [5.74, 6) is 2.31. The molecule has 0 spiro atoms. The minimum Gasteiger partial charge on any atom is -0.460 e. The largest absolute Gasteiger partial charge is 0.460 e. The summed E-state index contributed by atoms with van der Waals surface area (Å²) in [5, 5.41) is 0. The Morgan fingerprint density at radius 1 is 0.774 bits per heavy atom. The van der Waals surface area contributed by atoms with Gasteiger partial charge in [-0.3, -0.25) is 0 Å². The average Bonchev–Trinajstić information content (AvgIpc) is 3.20. The summed E-state index contributed by atoms with van der Waals surface area (Å²) in [6, 6.07) is 21.6. The lowest BCUT2D eigenvalue weighted by atomic mass is 9.87. The van der Waals surface area contributed by atoms with Gasteiger partial charge in [0.1, 0.15) is 11.5 Å². The third-order valence-corrected chi connectivity index (χ3v) is 6.50. The van der Waals surface area contributed by atoms with Crippen molar-refractivity contribution in [2.75, 3.05) is 0 Å². The normalized spacial score (nSPS) is 13.9. The minimum atomic E-state index is 0.972. The molecule has 1 aliphatic rings. The van der Waals surface area contributed by atoms with Crippen molar-refractivity contribution in [3.05, 3.63) is 89.2 Å². The van der Waals surface area contributed by atoms with E-state index in [2.05, 4.69) is 73.7 Å². The predicted molar refractivity (Wildman–Crippen MR) is 132 cm³/mol. The van der Waals surface area contributed by atoms with Crippen LogP contribution in [0, 0.1) is 0 Å². The molecule has 0 aliphatic heterocycles. The third-order valence-electron chi connectivity index (χ3n) is 6.50. The van der Waals surface area contributed by atoms with Crippen molar-refractivity contribution in [1.29, 1.82) is 0 Å². The molecule has 1 aliphatic carbocycles. The van der Waals surface area contributed by atoms with Crippen LogP contribution in [-0.4, -0.2) is 0 Å². The van der Waals surface area contributed by atoms with Crippen molar-refractivity contribution in [2.45, 2.75) is 77.6 Å². The molecule has 0 unspecified atom stereocenters. The maximum Gasteiger partial charge on any atom is 0.142 e. The lowest BCUT2D eigenvalue weighted by Gasteiger charge is -2.15. The van der Waals surface area contributed by atoms with Crippen molar-refractivity contribution in [2.24, 2.45) is 0 Å². The summed E-state index contributed by atoms with van der Waals surface area (Å²) in [6.45, 7) is 2.29. The molecule has 4 rings (SSSR count). The summed E-state index contributed by atoms with van der Waals surface area (Å²) in [6.07, 6.45) is 15.8. The predicted octanol–water partition coefficient (Wildman–Crippen LogP) is 8.81. The quantitative estimate of drug-likeness (QED) is 0.303. The smallest absolute Gasteiger partial charge is 0.142 e. The Balaban J connectivity index is 1.72. The highest BCUT2D eigenvalue weighted by Gasteiger charge is 2.24. The zero-order valence-electron chi connectivity index (χ0n) is 19.0. The zero-order valence-corrected chi connectivity index (χ0v) is 19.0. The molecule has 1 nitrogen and oxygen atoms in total. The molecule has 162 valence electrons. The fraction of sp³-hybridized carbons (Fsp3) is 0.400. The fourth-order valence-electron chi connectivity index (χ4n) is 4.81. The van der Waals surface area contributed by atoms with Crippen molar-refractivity contribution in [1.82, 2.24) is 0 Å². The Morgan fingerprint density at radius 3 is 2.26 bits per heavy atom. The van der Waals surface area contributed by atoms with Crippen molar-refractivity contribution >= 4 is 5.57 Å². The van der Waals surface area contributed by atoms with E-state index in [-0.39, 0.29) is 0 Å². The van der Waals surface area contributed by atoms with Gasteiger partial charge in [-0.25, -0.2) is 0 Å². The highest BCUT2D eigenvalue weighted by Crippen LogP contribution is 2.41. The van der Waals surface area contributed by atoms with Gasteiger partial charge in [-0.1, -0.05) is 92.9 Å². The number of aryl methyl sites for hydroxylation is 2. The first kappa shape index (κ1) is 21.7. The van der Waals surface area contributed by atoms with Gasteiger partial charge in [-0.15, -0.1) is 0 Å². The topological polar surface area (TPSA) is 13.1 Å². The van der Waals surface area contributed by atoms with Gasteiger partial charge in [0.25, 0.3) is 0 Å². The van der Waals surface area contributed by atoms with Gasteiger partial charge >= 0.3 is 0 Å².